The lowest BCUT2D eigenvalue weighted by molar-refractivity contribution is 0.218. The Hall–Kier alpha value is -1.58. The van der Waals surface area contributed by atoms with Crippen LogP contribution in [0.2, 0.25) is 0 Å². The SMILES string of the molecule is CCN(C)C(=O)N(CC)c1cccc(F)c1. The van der Waals surface area contributed by atoms with Crippen LogP contribution in [0.25, 0.3) is 0 Å². The van der Waals surface area contributed by atoms with E-state index in [2.05, 4.69) is 0 Å². The molecule has 0 heterocycles. The average Bonchev–Trinajstić information content (AvgIpc) is 2.29. The first-order valence-electron chi connectivity index (χ1n) is 5.38. The molecule has 3 nitrogen and oxygen atoms in total. The zero-order chi connectivity index (χ0) is 12.1. The van der Waals surface area contributed by atoms with Crippen LogP contribution in [0, 0.1) is 5.82 Å². The van der Waals surface area contributed by atoms with Crippen molar-refractivity contribution in [3.8, 4) is 0 Å². The number of urea groups is 1. The Morgan fingerprint density at radius 2 is 2.00 bits per heavy atom. The van der Waals surface area contributed by atoms with E-state index in [0.717, 1.165) is 0 Å². The number of hydrogen-bond acceptors (Lipinski definition) is 1. The van der Waals surface area contributed by atoms with Crippen molar-refractivity contribution >= 4 is 11.7 Å². The summed E-state index contributed by atoms with van der Waals surface area (Å²) in [6.45, 7) is 4.92. The molecule has 0 saturated heterocycles. The highest BCUT2D eigenvalue weighted by Crippen LogP contribution is 2.16. The highest BCUT2D eigenvalue weighted by atomic mass is 19.1. The molecule has 88 valence electrons. The molecule has 16 heavy (non-hydrogen) atoms. The summed E-state index contributed by atoms with van der Waals surface area (Å²) >= 11 is 0. The predicted octanol–water partition coefficient (Wildman–Crippen LogP) is 2.72. The summed E-state index contributed by atoms with van der Waals surface area (Å²) in [5, 5.41) is 0. The van der Waals surface area contributed by atoms with Gasteiger partial charge >= 0.3 is 6.03 Å². The molecule has 0 fully saturated rings. The van der Waals surface area contributed by atoms with Crippen molar-refractivity contribution in [1.29, 1.82) is 0 Å². The average molecular weight is 224 g/mol. The minimum Gasteiger partial charge on any atom is -0.328 e. The van der Waals surface area contributed by atoms with E-state index in [9.17, 15) is 9.18 Å². The molecule has 0 bridgehead atoms. The van der Waals surface area contributed by atoms with Crippen molar-refractivity contribution in [3.05, 3.63) is 30.1 Å². The Kier molecular flexibility index (Phi) is 4.28. The fourth-order valence-electron chi connectivity index (χ4n) is 1.41. The van der Waals surface area contributed by atoms with Gasteiger partial charge in [-0.2, -0.15) is 0 Å². The second-order valence-electron chi connectivity index (χ2n) is 3.52. The highest BCUT2D eigenvalue weighted by molar-refractivity contribution is 5.91. The standard InChI is InChI=1S/C12H17FN2O/c1-4-14(3)12(16)15(5-2)11-8-6-7-10(13)9-11/h6-9H,4-5H2,1-3H3. The van der Waals surface area contributed by atoms with E-state index in [1.165, 1.54) is 12.1 Å². The number of carbonyl (C=O) groups is 1. The molecule has 0 aliphatic heterocycles. The Labute approximate surface area is 95.5 Å². The van der Waals surface area contributed by atoms with E-state index in [1.54, 1.807) is 29.0 Å². The summed E-state index contributed by atoms with van der Waals surface area (Å²) in [5.74, 6) is -0.331. The van der Waals surface area contributed by atoms with Gasteiger partial charge in [0.2, 0.25) is 0 Å². The molecule has 0 aliphatic rings. The van der Waals surface area contributed by atoms with Crippen LogP contribution in [0.5, 0.6) is 0 Å². The molecule has 0 aromatic heterocycles. The lowest BCUT2D eigenvalue weighted by atomic mass is 10.3. The lowest BCUT2D eigenvalue weighted by Crippen LogP contribution is -2.41. The maximum absolute atomic E-state index is 13.1. The highest BCUT2D eigenvalue weighted by Gasteiger charge is 2.17. The zero-order valence-corrected chi connectivity index (χ0v) is 9.90. The number of halogens is 1. The van der Waals surface area contributed by atoms with Gasteiger partial charge in [-0.25, -0.2) is 9.18 Å². The van der Waals surface area contributed by atoms with Gasteiger partial charge in [0.05, 0.1) is 0 Å². The van der Waals surface area contributed by atoms with Crippen molar-refractivity contribution in [2.24, 2.45) is 0 Å². The first-order chi connectivity index (χ1) is 7.60. The molecular weight excluding hydrogens is 207 g/mol. The third kappa shape index (κ3) is 2.72. The van der Waals surface area contributed by atoms with E-state index >= 15 is 0 Å². The molecule has 2 amide bonds. The Morgan fingerprint density at radius 1 is 1.31 bits per heavy atom. The van der Waals surface area contributed by atoms with E-state index in [0.29, 0.717) is 18.8 Å². The number of nitrogens with zero attached hydrogens (tertiary/aromatic N) is 2. The topological polar surface area (TPSA) is 23.6 Å². The van der Waals surface area contributed by atoms with Gasteiger partial charge in [-0.05, 0) is 32.0 Å². The zero-order valence-electron chi connectivity index (χ0n) is 9.90. The van der Waals surface area contributed by atoms with Crippen molar-refractivity contribution < 1.29 is 9.18 Å². The number of anilines is 1. The molecule has 0 aliphatic carbocycles. The van der Waals surface area contributed by atoms with Crippen LogP contribution in [0.4, 0.5) is 14.9 Å². The van der Waals surface area contributed by atoms with Crippen molar-refractivity contribution in [2.45, 2.75) is 13.8 Å². The van der Waals surface area contributed by atoms with E-state index in [4.69, 9.17) is 0 Å². The summed E-state index contributed by atoms with van der Waals surface area (Å²) < 4.78 is 13.1. The minimum atomic E-state index is -0.331. The molecule has 0 unspecified atom stereocenters. The lowest BCUT2D eigenvalue weighted by Gasteiger charge is -2.26. The normalized spacial score (nSPS) is 10.0. The Balaban J connectivity index is 2.94. The van der Waals surface area contributed by atoms with Crippen LogP contribution in [0.3, 0.4) is 0 Å². The van der Waals surface area contributed by atoms with E-state index in [1.807, 2.05) is 13.8 Å². The molecule has 1 aromatic rings. The van der Waals surface area contributed by atoms with Gasteiger partial charge in [-0.1, -0.05) is 6.07 Å². The molecule has 1 aromatic carbocycles. The predicted molar refractivity (Wildman–Crippen MR) is 63.1 cm³/mol. The minimum absolute atomic E-state index is 0.115. The maximum Gasteiger partial charge on any atom is 0.324 e. The van der Waals surface area contributed by atoms with E-state index < -0.39 is 0 Å². The molecular formula is C12H17FN2O. The van der Waals surface area contributed by atoms with Gasteiger partial charge in [0, 0.05) is 25.8 Å². The summed E-state index contributed by atoms with van der Waals surface area (Å²) in [6, 6.07) is 5.95. The summed E-state index contributed by atoms with van der Waals surface area (Å²) in [7, 11) is 1.73. The number of carbonyl (C=O) groups excluding carboxylic acids is 1. The van der Waals surface area contributed by atoms with Crippen LogP contribution in [-0.2, 0) is 0 Å². The summed E-state index contributed by atoms with van der Waals surface area (Å²) in [4.78, 5) is 15.1. The second kappa shape index (κ2) is 5.49. The van der Waals surface area contributed by atoms with Gasteiger partial charge in [0.15, 0.2) is 0 Å². The Bertz CT molecular complexity index is 368. The van der Waals surface area contributed by atoms with Crippen molar-refractivity contribution in [1.82, 2.24) is 4.90 Å². The van der Waals surface area contributed by atoms with Gasteiger partial charge < -0.3 is 4.90 Å². The number of benzene rings is 1. The third-order valence-corrected chi connectivity index (χ3v) is 2.47. The number of amides is 2. The van der Waals surface area contributed by atoms with Gasteiger partial charge in [-0.3, -0.25) is 4.90 Å². The van der Waals surface area contributed by atoms with E-state index in [-0.39, 0.29) is 11.8 Å². The number of hydrogen-bond donors (Lipinski definition) is 0. The van der Waals surface area contributed by atoms with Crippen LogP contribution in [0.1, 0.15) is 13.8 Å². The monoisotopic (exact) mass is 224 g/mol. The fraction of sp³-hybridized carbons (Fsp3) is 0.417. The summed E-state index contributed by atoms with van der Waals surface area (Å²) in [6.07, 6.45) is 0. The van der Waals surface area contributed by atoms with Gasteiger partial charge in [0.1, 0.15) is 5.82 Å². The smallest absolute Gasteiger partial charge is 0.324 e. The molecule has 4 heteroatoms. The first-order valence-corrected chi connectivity index (χ1v) is 5.38. The molecule has 0 atom stereocenters. The second-order valence-corrected chi connectivity index (χ2v) is 3.52. The third-order valence-electron chi connectivity index (χ3n) is 2.47. The van der Waals surface area contributed by atoms with Crippen LogP contribution < -0.4 is 4.90 Å². The van der Waals surface area contributed by atoms with Gasteiger partial charge in [0.25, 0.3) is 0 Å². The number of rotatable bonds is 3. The largest absolute Gasteiger partial charge is 0.328 e. The molecule has 0 saturated carbocycles. The van der Waals surface area contributed by atoms with Crippen LogP contribution in [0.15, 0.2) is 24.3 Å². The molecule has 0 N–H and O–H groups in total. The first kappa shape index (κ1) is 12.5. The van der Waals surface area contributed by atoms with Crippen molar-refractivity contribution in [3.63, 3.8) is 0 Å². The Morgan fingerprint density at radius 3 is 2.50 bits per heavy atom. The fourth-order valence-corrected chi connectivity index (χ4v) is 1.41. The van der Waals surface area contributed by atoms with Crippen LogP contribution >= 0.6 is 0 Å². The molecule has 1 rings (SSSR count). The maximum atomic E-state index is 13.1. The van der Waals surface area contributed by atoms with Gasteiger partial charge in [-0.15, -0.1) is 0 Å². The summed E-state index contributed by atoms with van der Waals surface area (Å²) in [5.41, 5.74) is 0.591. The van der Waals surface area contributed by atoms with Crippen molar-refractivity contribution in [2.75, 3.05) is 25.0 Å². The van der Waals surface area contributed by atoms with Crippen LogP contribution in [-0.4, -0.2) is 31.1 Å². The molecule has 0 radical (unpaired) electrons. The quantitative estimate of drug-likeness (QED) is 0.774. The molecule has 0 spiro atoms.